The number of carbonyl (C=O) groups is 2. The van der Waals surface area contributed by atoms with E-state index in [2.05, 4.69) is 10.3 Å². The molecule has 6 heteroatoms. The maximum absolute atomic E-state index is 12.5. The van der Waals surface area contributed by atoms with Crippen molar-refractivity contribution in [1.29, 1.82) is 0 Å². The van der Waals surface area contributed by atoms with Gasteiger partial charge in [-0.3, -0.25) is 9.59 Å². The van der Waals surface area contributed by atoms with Gasteiger partial charge in [0, 0.05) is 19.2 Å². The monoisotopic (exact) mass is 268 g/mol. The van der Waals surface area contributed by atoms with Crippen LogP contribution in [0.3, 0.4) is 0 Å². The highest BCUT2D eigenvalue weighted by molar-refractivity contribution is 5.93. The van der Waals surface area contributed by atoms with E-state index >= 15 is 0 Å². The number of carboxylic acid groups (broad SMARTS) is 1. The average Bonchev–Trinajstić information content (AvgIpc) is 2.38. The van der Waals surface area contributed by atoms with Gasteiger partial charge in [-0.1, -0.05) is 12.8 Å². The number of nitrogens with one attached hydrogen (secondary N) is 1. The fourth-order valence-electron chi connectivity index (χ4n) is 1.57. The van der Waals surface area contributed by atoms with Crippen LogP contribution in [-0.2, 0) is 4.79 Å². The van der Waals surface area contributed by atoms with Crippen molar-refractivity contribution in [3.05, 3.63) is 29.8 Å². The molecule has 5 nitrogen and oxygen atoms in total. The molecule has 0 saturated carbocycles. The maximum atomic E-state index is 12.5. The molecule has 0 aromatic carbocycles. The van der Waals surface area contributed by atoms with Gasteiger partial charge >= 0.3 is 5.97 Å². The Labute approximate surface area is 110 Å². The highest BCUT2D eigenvalue weighted by Gasteiger charge is 2.05. The Morgan fingerprint density at radius 3 is 2.58 bits per heavy atom. The topological polar surface area (TPSA) is 79.3 Å². The van der Waals surface area contributed by atoms with E-state index in [1.165, 1.54) is 12.3 Å². The van der Waals surface area contributed by atoms with Crippen LogP contribution in [0.2, 0.25) is 0 Å². The number of unbranched alkanes of at least 4 members (excludes halogenated alkanes) is 3. The maximum Gasteiger partial charge on any atom is 0.303 e. The van der Waals surface area contributed by atoms with Crippen molar-refractivity contribution in [2.45, 2.75) is 32.1 Å². The Balaban J connectivity index is 2.11. The number of hydrogen-bond donors (Lipinski definition) is 2. The molecule has 0 aliphatic heterocycles. The molecule has 0 radical (unpaired) electrons. The van der Waals surface area contributed by atoms with E-state index in [4.69, 9.17) is 5.11 Å². The van der Waals surface area contributed by atoms with E-state index in [-0.39, 0.29) is 12.3 Å². The molecule has 19 heavy (non-hydrogen) atoms. The molecular weight excluding hydrogens is 251 g/mol. The molecule has 1 amide bonds. The summed E-state index contributed by atoms with van der Waals surface area (Å²) in [6.45, 7) is 0.517. The van der Waals surface area contributed by atoms with Crippen LogP contribution in [0, 0.1) is 5.95 Å². The molecule has 104 valence electrons. The minimum Gasteiger partial charge on any atom is -0.481 e. The SMILES string of the molecule is O=C(O)CCCCCCNC(=O)c1ccc(F)nc1. The van der Waals surface area contributed by atoms with Gasteiger partial charge in [0.1, 0.15) is 0 Å². The van der Waals surface area contributed by atoms with Crippen LogP contribution in [0.1, 0.15) is 42.5 Å². The third kappa shape index (κ3) is 6.49. The number of aromatic nitrogens is 1. The molecule has 2 N–H and O–H groups in total. The number of halogens is 1. The lowest BCUT2D eigenvalue weighted by atomic mass is 10.1. The summed E-state index contributed by atoms with van der Waals surface area (Å²) in [4.78, 5) is 25.3. The largest absolute Gasteiger partial charge is 0.481 e. The van der Waals surface area contributed by atoms with Gasteiger partial charge in [0.25, 0.3) is 5.91 Å². The van der Waals surface area contributed by atoms with Crippen molar-refractivity contribution < 1.29 is 19.1 Å². The zero-order valence-electron chi connectivity index (χ0n) is 10.6. The summed E-state index contributed by atoms with van der Waals surface area (Å²) in [7, 11) is 0. The van der Waals surface area contributed by atoms with E-state index in [0.717, 1.165) is 25.3 Å². The first-order chi connectivity index (χ1) is 9.09. The number of amides is 1. The highest BCUT2D eigenvalue weighted by atomic mass is 19.1. The van der Waals surface area contributed by atoms with Crippen LogP contribution in [0.4, 0.5) is 4.39 Å². The van der Waals surface area contributed by atoms with Gasteiger partial charge in [-0.15, -0.1) is 0 Å². The van der Waals surface area contributed by atoms with Crippen molar-refractivity contribution in [2.24, 2.45) is 0 Å². The Kier molecular flexibility index (Phi) is 6.49. The molecule has 0 unspecified atom stereocenters. The van der Waals surface area contributed by atoms with Crippen LogP contribution < -0.4 is 5.32 Å². The molecule has 0 fully saturated rings. The van der Waals surface area contributed by atoms with Crippen molar-refractivity contribution in [2.75, 3.05) is 6.54 Å². The van der Waals surface area contributed by atoms with Gasteiger partial charge in [-0.2, -0.15) is 4.39 Å². The van der Waals surface area contributed by atoms with Crippen LogP contribution in [0.25, 0.3) is 0 Å². The second-order valence-corrected chi connectivity index (χ2v) is 4.18. The number of carbonyl (C=O) groups excluding carboxylic acids is 1. The van der Waals surface area contributed by atoms with Crippen LogP contribution in [0.5, 0.6) is 0 Å². The summed E-state index contributed by atoms with van der Waals surface area (Å²) in [5.41, 5.74) is 0.326. The van der Waals surface area contributed by atoms with Gasteiger partial charge in [0.2, 0.25) is 5.95 Å². The molecular formula is C13H17FN2O3. The Morgan fingerprint density at radius 2 is 1.95 bits per heavy atom. The fraction of sp³-hybridized carbons (Fsp3) is 0.462. The third-order valence-corrected chi connectivity index (χ3v) is 2.59. The number of carboxylic acids is 1. The summed E-state index contributed by atoms with van der Waals surface area (Å²) in [6, 6.07) is 2.52. The summed E-state index contributed by atoms with van der Waals surface area (Å²) >= 11 is 0. The number of hydrogen-bond acceptors (Lipinski definition) is 3. The Bertz CT molecular complexity index is 420. The van der Waals surface area contributed by atoms with Crippen LogP contribution >= 0.6 is 0 Å². The van der Waals surface area contributed by atoms with E-state index in [1.54, 1.807) is 0 Å². The van der Waals surface area contributed by atoms with Gasteiger partial charge in [-0.05, 0) is 25.0 Å². The minimum absolute atomic E-state index is 0.188. The van der Waals surface area contributed by atoms with E-state index in [9.17, 15) is 14.0 Å². The highest BCUT2D eigenvalue weighted by Crippen LogP contribution is 2.03. The Morgan fingerprint density at radius 1 is 1.21 bits per heavy atom. The number of pyridine rings is 1. The second kappa shape index (κ2) is 8.18. The first-order valence-electron chi connectivity index (χ1n) is 6.21. The molecule has 0 saturated heterocycles. The first kappa shape index (κ1) is 15.1. The quantitative estimate of drug-likeness (QED) is 0.558. The van der Waals surface area contributed by atoms with Crippen molar-refractivity contribution in [3.63, 3.8) is 0 Å². The van der Waals surface area contributed by atoms with Gasteiger partial charge < -0.3 is 10.4 Å². The van der Waals surface area contributed by atoms with Gasteiger partial charge in [0.15, 0.2) is 0 Å². The summed E-state index contributed by atoms with van der Waals surface area (Å²) in [5, 5.41) is 11.1. The number of rotatable bonds is 8. The molecule has 1 rings (SSSR count). The number of aliphatic carboxylic acids is 1. The van der Waals surface area contributed by atoms with Crippen molar-refractivity contribution in [1.82, 2.24) is 10.3 Å². The molecule has 1 aromatic heterocycles. The molecule has 0 aliphatic rings. The molecule has 0 aliphatic carbocycles. The lowest BCUT2D eigenvalue weighted by Crippen LogP contribution is -2.24. The van der Waals surface area contributed by atoms with Gasteiger partial charge in [0.05, 0.1) is 5.56 Å². The Hall–Kier alpha value is -1.98. The molecule has 0 spiro atoms. The third-order valence-electron chi connectivity index (χ3n) is 2.59. The lowest BCUT2D eigenvalue weighted by Gasteiger charge is -2.04. The van der Waals surface area contributed by atoms with Crippen molar-refractivity contribution >= 4 is 11.9 Å². The molecule has 1 aromatic rings. The predicted molar refractivity (Wildman–Crippen MR) is 67.2 cm³/mol. The minimum atomic E-state index is -0.780. The smallest absolute Gasteiger partial charge is 0.303 e. The number of nitrogens with zero attached hydrogens (tertiary/aromatic N) is 1. The average molecular weight is 268 g/mol. The summed E-state index contributed by atoms with van der Waals surface area (Å²) < 4.78 is 12.5. The van der Waals surface area contributed by atoms with E-state index in [1.807, 2.05) is 0 Å². The van der Waals surface area contributed by atoms with Crippen molar-refractivity contribution in [3.8, 4) is 0 Å². The lowest BCUT2D eigenvalue weighted by molar-refractivity contribution is -0.137. The zero-order chi connectivity index (χ0) is 14.1. The van der Waals surface area contributed by atoms with Gasteiger partial charge in [-0.25, -0.2) is 4.98 Å². The normalized spacial score (nSPS) is 10.2. The first-order valence-corrected chi connectivity index (χ1v) is 6.21. The molecule has 1 heterocycles. The molecule has 0 atom stereocenters. The zero-order valence-corrected chi connectivity index (χ0v) is 10.6. The molecule has 0 bridgehead atoms. The standard InChI is InChI=1S/C13H17FN2O3/c14-11-7-6-10(9-16-11)13(19)15-8-4-2-1-3-5-12(17)18/h6-7,9H,1-5,8H2,(H,15,19)(H,17,18). The second-order valence-electron chi connectivity index (χ2n) is 4.18. The summed E-state index contributed by atoms with van der Waals surface area (Å²) in [6.07, 6.45) is 4.53. The van der Waals surface area contributed by atoms with E-state index < -0.39 is 11.9 Å². The summed E-state index contributed by atoms with van der Waals surface area (Å²) in [5.74, 6) is -1.68. The fourth-order valence-corrected chi connectivity index (χ4v) is 1.57. The van der Waals surface area contributed by atoms with E-state index in [0.29, 0.717) is 18.5 Å². The van der Waals surface area contributed by atoms with Crippen LogP contribution in [-0.4, -0.2) is 28.5 Å². The predicted octanol–water partition coefficient (Wildman–Crippen LogP) is 1.99. The van der Waals surface area contributed by atoms with Crippen LogP contribution in [0.15, 0.2) is 18.3 Å².